The molecule has 0 aliphatic carbocycles. The van der Waals surface area contributed by atoms with E-state index >= 15 is 0 Å². The molecule has 1 aromatic carbocycles. The van der Waals surface area contributed by atoms with Crippen molar-refractivity contribution in [3.8, 4) is 5.75 Å². The molecular weight excluding hydrogens is 266 g/mol. The summed E-state index contributed by atoms with van der Waals surface area (Å²) in [5.41, 5.74) is 3.86. The lowest BCUT2D eigenvalue weighted by Crippen LogP contribution is -2.25. The number of nitrogens with one attached hydrogen (secondary N) is 2. The summed E-state index contributed by atoms with van der Waals surface area (Å²) in [6.45, 7) is 3.49. The molecule has 1 aliphatic rings. The van der Waals surface area contributed by atoms with Gasteiger partial charge in [-0.3, -0.25) is 9.78 Å². The highest BCUT2D eigenvalue weighted by atomic mass is 16.5. The van der Waals surface area contributed by atoms with E-state index < -0.39 is 0 Å². The average molecular weight is 283 g/mol. The highest BCUT2D eigenvalue weighted by Gasteiger charge is 2.15. The highest BCUT2D eigenvalue weighted by molar-refractivity contribution is 5.95. The Morgan fingerprint density at radius 2 is 2.19 bits per heavy atom. The normalized spacial score (nSPS) is 13.3. The molecule has 0 spiro atoms. The first kappa shape index (κ1) is 13.6. The van der Waals surface area contributed by atoms with Gasteiger partial charge in [-0.05, 0) is 36.8 Å². The fraction of sp³-hybridized carbons (Fsp3) is 0.250. The van der Waals surface area contributed by atoms with E-state index in [-0.39, 0.29) is 12.5 Å². The van der Waals surface area contributed by atoms with Gasteiger partial charge in [-0.15, -0.1) is 0 Å². The summed E-state index contributed by atoms with van der Waals surface area (Å²) in [4.78, 5) is 15.8. The maximum atomic E-state index is 11.3. The van der Waals surface area contributed by atoms with E-state index in [2.05, 4.69) is 15.6 Å². The van der Waals surface area contributed by atoms with Gasteiger partial charge in [0.25, 0.3) is 5.91 Å². The van der Waals surface area contributed by atoms with Crippen LogP contribution in [0.1, 0.15) is 17.0 Å². The fourth-order valence-electron chi connectivity index (χ4n) is 2.27. The van der Waals surface area contributed by atoms with Gasteiger partial charge in [-0.25, -0.2) is 0 Å². The van der Waals surface area contributed by atoms with Crippen molar-refractivity contribution in [1.29, 1.82) is 0 Å². The summed E-state index contributed by atoms with van der Waals surface area (Å²) in [5.74, 6) is 0.607. The number of rotatable bonds is 4. The number of hydrogen-bond donors (Lipinski definition) is 2. The Bertz CT molecular complexity index is 670. The topological polar surface area (TPSA) is 63.2 Å². The van der Waals surface area contributed by atoms with Crippen molar-refractivity contribution >= 4 is 11.6 Å². The maximum absolute atomic E-state index is 11.3. The van der Waals surface area contributed by atoms with Crippen LogP contribution in [-0.2, 0) is 17.9 Å². The summed E-state index contributed by atoms with van der Waals surface area (Å²) < 4.78 is 5.34. The number of ether oxygens (including phenoxy) is 1. The molecule has 5 nitrogen and oxygen atoms in total. The number of benzene rings is 1. The lowest BCUT2D eigenvalue weighted by atomic mass is 10.1. The lowest BCUT2D eigenvalue weighted by molar-refractivity contribution is -0.118. The van der Waals surface area contributed by atoms with Gasteiger partial charge < -0.3 is 15.4 Å². The fourth-order valence-corrected chi connectivity index (χ4v) is 2.27. The molecule has 2 aromatic rings. The Morgan fingerprint density at radius 3 is 3.05 bits per heavy atom. The van der Waals surface area contributed by atoms with E-state index in [1.54, 1.807) is 0 Å². The van der Waals surface area contributed by atoms with Gasteiger partial charge in [0.05, 0.1) is 11.4 Å². The average Bonchev–Trinajstić information content (AvgIpc) is 2.47. The molecule has 0 fully saturated rings. The number of aromatic nitrogens is 1. The molecule has 0 saturated heterocycles. The number of pyridine rings is 1. The van der Waals surface area contributed by atoms with Crippen LogP contribution in [0.4, 0.5) is 5.69 Å². The largest absolute Gasteiger partial charge is 0.482 e. The smallest absolute Gasteiger partial charge is 0.262 e. The van der Waals surface area contributed by atoms with Crippen molar-refractivity contribution in [3.05, 3.63) is 53.3 Å². The zero-order valence-corrected chi connectivity index (χ0v) is 11.8. The molecule has 0 saturated carbocycles. The van der Waals surface area contributed by atoms with Gasteiger partial charge in [-0.2, -0.15) is 0 Å². The third-order valence-corrected chi connectivity index (χ3v) is 3.26. The van der Waals surface area contributed by atoms with Crippen molar-refractivity contribution in [1.82, 2.24) is 10.3 Å². The predicted molar refractivity (Wildman–Crippen MR) is 80.1 cm³/mol. The molecule has 0 bridgehead atoms. The van der Waals surface area contributed by atoms with E-state index in [9.17, 15) is 4.79 Å². The minimum absolute atomic E-state index is 0.0869. The number of fused-ring (bicyclic) bond motifs is 1. The van der Waals surface area contributed by atoms with Crippen molar-refractivity contribution < 1.29 is 9.53 Å². The number of aryl methyl sites for hydroxylation is 1. The third kappa shape index (κ3) is 3.38. The van der Waals surface area contributed by atoms with E-state index in [1.165, 1.54) is 0 Å². The minimum atomic E-state index is -0.114. The van der Waals surface area contributed by atoms with Gasteiger partial charge in [0.1, 0.15) is 5.75 Å². The SMILES string of the molecule is Cc1cccc(CNCc2ccc3c(c2)NC(=O)CO3)n1. The van der Waals surface area contributed by atoms with Gasteiger partial charge >= 0.3 is 0 Å². The van der Waals surface area contributed by atoms with Crippen LogP contribution in [0.25, 0.3) is 0 Å². The Morgan fingerprint density at radius 1 is 1.29 bits per heavy atom. The second kappa shape index (κ2) is 5.93. The number of hydrogen-bond acceptors (Lipinski definition) is 4. The predicted octanol–water partition coefficient (Wildman–Crippen LogP) is 2.01. The Balaban J connectivity index is 1.61. The zero-order valence-electron chi connectivity index (χ0n) is 11.8. The van der Waals surface area contributed by atoms with Crippen LogP contribution < -0.4 is 15.4 Å². The summed E-state index contributed by atoms with van der Waals surface area (Å²) in [5, 5.41) is 6.16. The Hall–Kier alpha value is -2.40. The number of carbonyl (C=O) groups is 1. The first-order valence-corrected chi connectivity index (χ1v) is 6.89. The molecule has 2 heterocycles. The van der Waals surface area contributed by atoms with Crippen LogP contribution in [0.2, 0.25) is 0 Å². The van der Waals surface area contributed by atoms with E-state index in [1.807, 2.05) is 43.3 Å². The molecule has 1 amide bonds. The summed E-state index contributed by atoms with van der Waals surface area (Å²) in [7, 11) is 0. The molecule has 2 N–H and O–H groups in total. The van der Waals surface area contributed by atoms with E-state index in [0.29, 0.717) is 13.1 Å². The lowest BCUT2D eigenvalue weighted by Gasteiger charge is -2.18. The summed E-state index contributed by atoms with van der Waals surface area (Å²) >= 11 is 0. The molecule has 1 aliphatic heterocycles. The maximum Gasteiger partial charge on any atom is 0.262 e. The van der Waals surface area contributed by atoms with E-state index in [4.69, 9.17) is 4.74 Å². The third-order valence-electron chi connectivity index (χ3n) is 3.26. The van der Waals surface area contributed by atoms with Crippen LogP contribution in [0.3, 0.4) is 0 Å². The molecular formula is C16H17N3O2. The first-order valence-electron chi connectivity index (χ1n) is 6.89. The standard InChI is InChI=1S/C16H17N3O2/c1-11-3-2-4-13(18-11)9-17-8-12-5-6-15-14(7-12)19-16(20)10-21-15/h2-7,17H,8-10H2,1H3,(H,19,20). The van der Waals surface area contributed by atoms with Crippen molar-refractivity contribution in [2.45, 2.75) is 20.0 Å². The number of nitrogens with zero attached hydrogens (tertiary/aromatic N) is 1. The quantitative estimate of drug-likeness (QED) is 0.901. The minimum Gasteiger partial charge on any atom is -0.482 e. The molecule has 108 valence electrons. The van der Waals surface area contributed by atoms with Crippen LogP contribution >= 0.6 is 0 Å². The highest BCUT2D eigenvalue weighted by Crippen LogP contribution is 2.28. The number of anilines is 1. The Labute approximate surface area is 123 Å². The number of amides is 1. The van der Waals surface area contributed by atoms with E-state index in [0.717, 1.165) is 28.4 Å². The van der Waals surface area contributed by atoms with Gasteiger partial charge in [0, 0.05) is 18.8 Å². The van der Waals surface area contributed by atoms with Crippen LogP contribution in [0.15, 0.2) is 36.4 Å². The summed E-state index contributed by atoms with van der Waals surface area (Å²) in [6.07, 6.45) is 0. The summed E-state index contributed by atoms with van der Waals surface area (Å²) in [6, 6.07) is 11.8. The van der Waals surface area contributed by atoms with Gasteiger partial charge in [0.15, 0.2) is 6.61 Å². The van der Waals surface area contributed by atoms with Gasteiger partial charge in [0.2, 0.25) is 0 Å². The molecule has 0 unspecified atom stereocenters. The van der Waals surface area contributed by atoms with Crippen molar-refractivity contribution in [2.75, 3.05) is 11.9 Å². The second-order valence-electron chi connectivity index (χ2n) is 5.04. The molecule has 0 atom stereocenters. The second-order valence-corrected chi connectivity index (χ2v) is 5.04. The van der Waals surface area contributed by atoms with Crippen LogP contribution in [0, 0.1) is 6.92 Å². The van der Waals surface area contributed by atoms with Crippen molar-refractivity contribution in [3.63, 3.8) is 0 Å². The molecule has 5 heteroatoms. The van der Waals surface area contributed by atoms with Crippen molar-refractivity contribution in [2.24, 2.45) is 0 Å². The Kier molecular flexibility index (Phi) is 3.83. The zero-order chi connectivity index (χ0) is 14.7. The van der Waals surface area contributed by atoms with Crippen LogP contribution in [-0.4, -0.2) is 17.5 Å². The van der Waals surface area contributed by atoms with Gasteiger partial charge in [-0.1, -0.05) is 12.1 Å². The first-order chi connectivity index (χ1) is 10.2. The molecule has 0 radical (unpaired) electrons. The monoisotopic (exact) mass is 283 g/mol. The molecule has 21 heavy (non-hydrogen) atoms. The number of carbonyl (C=O) groups excluding carboxylic acids is 1. The molecule has 1 aromatic heterocycles. The molecule has 3 rings (SSSR count). The van der Waals surface area contributed by atoms with Crippen LogP contribution in [0.5, 0.6) is 5.75 Å².